The summed E-state index contributed by atoms with van der Waals surface area (Å²) in [5.41, 5.74) is 0. The number of rotatable bonds is 3. The lowest BCUT2D eigenvalue weighted by atomic mass is 9.81. The maximum Gasteiger partial charge on any atom is 0.193 e. The van der Waals surface area contributed by atoms with Gasteiger partial charge in [0.05, 0.1) is 0 Å². The maximum atomic E-state index is 5.83. The molecule has 0 saturated carbocycles. The Morgan fingerprint density at radius 3 is 2.73 bits per heavy atom. The van der Waals surface area contributed by atoms with Crippen LogP contribution in [0.4, 0.5) is 0 Å². The van der Waals surface area contributed by atoms with Crippen LogP contribution in [0.3, 0.4) is 0 Å². The van der Waals surface area contributed by atoms with Crippen molar-refractivity contribution in [3.05, 3.63) is 23.1 Å². The molecular formula is C12H18ClNO. The summed E-state index contributed by atoms with van der Waals surface area (Å²) in [5, 5.41) is 3.91. The topological polar surface area (TPSA) is 25.2 Å². The van der Waals surface area contributed by atoms with E-state index in [-0.39, 0.29) is 0 Å². The molecule has 84 valence electrons. The maximum absolute atomic E-state index is 5.83. The van der Waals surface area contributed by atoms with Crippen molar-refractivity contribution >= 4 is 11.6 Å². The van der Waals surface area contributed by atoms with Gasteiger partial charge in [-0.3, -0.25) is 0 Å². The highest BCUT2D eigenvalue weighted by Gasteiger charge is 2.30. The van der Waals surface area contributed by atoms with Gasteiger partial charge < -0.3 is 9.73 Å². The van der Waals surface area contributed by atoms with Gasteiger partial charge in [0.1, 0.15) is 5.76 Å². The average Bonchev–Trinajstić information content (AvgIpc) is 2.77. The second-order valence-corrected chi connectivity index (χ2v) is 5.04. The van der Waals surface area contributed by atoms with E-state index in [0.29, 0.717) is 23.0 Å². The summed E-state index contributed by atoms with van der Waals surface area (Å²) in [4.78, 5) is 0. The van der Waals surface area contributed by atoms with Crippen molar-refractivity contribution in [1.29, 1.82) is 0 Å². The molecule has 2 heterocycles. The van der Waals surface area contributed by atoms with Crippen molar-refractivity contribution in [2.45, 2.75) is 26.2 Å². The van der Waals surface area contributed by atoms with Crippen LogP contribution < -0.4 is 5.32 Å². The van der Waals surface area contributed by atoms with Gasteiger partial charge in [-0.1, -0.05) is 13.8 Å². The average molecular weight is 228 g/mol. The van der Waals surface area contributed by atoms with Crippen LogP contribution in [0.25, 0.3) is 0 Å². The minimum absolute atomic E-state index is 0.493. The quantitative estimate of drug-likeness (QED) is 0.858. The lowest BCUT2D eigenvalue weighted by Gasteiger charge is -2.24. The zero-order valence-corrected chi connectivity index (χ0v) is 10.1. The normalized spacial score (nSPS) is 23.6. The molecule has 15 heavy (non-hydrogen) atoms. The van der Waals surface area contributed by atoms with E-state index in [9.17, 15) is 0 Å². The molecule has 1 aliphatic rings. The molecule has 0 bridgehead atoms. The third-order valence-electron chi connectivity index (χ3n) is 3.25. The first-order chi connectivity index (χ1) is 7.18. The van der Waals surface area contributed by atoms with Crippen LogP contribution in [0, 0.1) is 11.8 Å². The van der Waals surface area contributed by atoms with E-state index < -0.39 is 0 Å². The first-order valence-electron chi connectivity index (χ1n) is 5.64. The molecule has 1 aliphatic heterocycles. The van der Waals surface area contributed by atoms with E-state index in [1.54, 1.807) is 0 Å². The lowest BCUT2D eigenvalue weighted by molar-refractivity contribution is 0.308. The van der Waals surface area contributed by atoms with Crippen LogP contribution >= 0.6 is 11.6 Å². The molecular weight excluding hydrogens is 210 g/mol. The number of hydrogen-bond acceptors (Lipinski definition) is 2. The van der Waals surface area contributed by atoms with E-state index in [1.165, 1.54) is 6.42 Å². The minimum atomic E-state index is 0.493. The third-order valence-corrected chi connectivity index (χ3v) is 3.45. The van der Waals surface area contributed by atoms with Crippen LogP contribution in [-0.2, 0) is 0 Å². The van der Waals surface area contributed by atoms with Crippen LogP contribution in [-0.4, -0.2) is 13.1 Å². The third kappa shape index (κ3) is 2.37. The van der Waals surface area contributed by atoms with Crippen molar-refractivity contribution in [3.63, 3.8) is 0 Å². The molecule has 0 radical (unpaired) electrons. The molecule has 0 aromatic carbocycles. The molecule has 1 aromatic heterocycles. The number of nitrogens with one attached hydrogen (secondary N) is 1. The second-order valence-electron chi connectivity index (χ2n) is 4.66. The standard InChI is InChI=1S/C12H18ClNO/c1-8(2)12(9-5-6-14-7-9)10-3-4-11(13)15-10/h3-4,8-9,12,14H,5-7H2,1-2H3. The van der Waals surface area contributed by atoms with Crippen molar-refractivity contribution in [2.75, 3.05) is 13.1 Å². The Labute approximate surface area is 96.0 Å². The first kappa shape index (κ1) is 11.0. The van der Waals surface area contributed by atoms with Crippen molar-refractivity contribution in [2.24, 2.45) is 11.8 Å². The van der Waals surface area contributed by atoms with E-state index in [4.69, 9.17) is 16.0 Å². The largest absolute Gasteiger partial charge is 0.449 e. The summed E-state index contributed by atoms with van der Waals surface area (Å²) < 4.78 is 5.56. The molecule has 1 fully saturated rings. The predicted molar refractivity (Wildman–Crippen MR) is 62.3 cm³/mol. The van der Waals surface area contributed by atoms with E-state index in [1.807, 2.05) is 12.1 Å². The van der Waals surface area contributed by atoms with Gasteiger partial charge in [0.2, 0.25) is 0 Å². The van der Waals surface area contributed by atoms with Crippen LogP contribution in [0.5, 0.6) is 0 Å². The highest BCUT2D eigenvalue weighted by Crippen LogP contribution is 2.36. The fraction of sp³-hybridized carbons (Fsp3) is 0.667. The Morgan fingerprint density at radius 1 is 1.47 bits per heavy atom. The Balaban J connectivity index is 2.18. The molecule has 2 atom stereocenters. The fourth-order valence-corrected chi connectivity index (χ4v) is 2.75. The van der Waals surface area contributed by atoms with Crippen LogP contribution in [0.2, 0.25) is 5.22 Å². The Morgan fingerprint density at radius 2 is 2.27 bits per heavy atom. The minimum Gasteiger partial charge on any atom is -0.449 e. The Kier molecular flexibility index (Phi) is 3.37. The second kappa shape index (κ2) is 4.58. The van der Waals surface area contributed by atoms with Gasteiger partial charge in [-0.15, -0.1) is 0 Å². The Bertz CT molecular complexity index is 315. The van der Waals surface area contributed by atoms with Crippen molar-refractivity contribution in [1.82, 2.24) is 5.32 Å². The first-order valence-corrected chi connectivity index (χ1v) is 6.02. The van der Waals surface area contributed by atoms with Gasteiger partial charge in [0.15, 0.2) is 5.22 Å². The van der Waals surface area contributed by atoms with Crippen LogP contribution in [0.1, 0.15) is 31.9 Å². The van der Waals surface area contributed by atoms with E-state index in [2.05, 4.69) is 19.2 Å². The molecule has 1 aromatic rings. The zero-order chi connectivity index (χ0) is 10.8. The van der Waals surface area contributed by atoms with E-state index in [0.717, 1.165) is 18.8 Å². The van der Waals surface area contributed by atoms with Crippen LogP contribution in [0.15, 0.2) is 16.5 Å². The van der Waals surface area contributed by atoms with Gasteiger partial charge in [0, 0.05) is 5.92 Å². The molecule has 2 rings (SSSR count). The van der Waals surface area contributed by atoms with Crippen molar-refractivity contribution in [3.8, 4) is 0 Å². The zero-order valence-electron chi connectivity index (χ0n) is 9.29. The Hall–Kier alpha value is -0.470. The molecule has 2 nitrogen and oxygen atoms in total. The number of hydrogen-bond donors (Lipinski definition) is 1. The molecule has 0 spiro atoms. The highest BCUT2D eigenvalue weighted by molar-refractivity contribution is 6.28. The molecule has 1 N–H and O–H groups in total. The molecule has 0 aliphatic carbocycles. The SMILES string of the molecule is CC(C)C(c1ccc(Cl)o1)C1CCNC1. The molecule has 1 saturated heterocycles. The number of halogens is 1. The summed E-state index contributed by atoms with van der Waals surface area (Å²) in [5.74, 6) is 2.82. The summed E-state index contributed by atoms with van der Waals surface area (Å²) >= 11 is 5.83. The van der Waals surface area contributed by atoms with Gasteiger partial charge >= 0.3 is 0 Å². The molecule has 3 heteroatoms. The van der Waals surface area contributed by atoms with Gasteiger partial charge in [-0.2, -0.15) is 0 Å². The van der Waals surface area contributed by atoms with Gasteiger partial charge in [-0.25, -0.2) is 0 Å². The fourth-order valence-electron chi connectivity index (χ4n) is 2.60. The van der Waals surface area contributed by atoms with Gasteiger partial charge in [-0.05, 0) is 55.1 Å². The number of furan rings is 1. The highest BCUT2D eigenvalue weighted by atomic mass is 35.5. The van der Waals surface area contributed by atoms with Gasteiger partial charge in [0.25, 0.3) is 0 Å². The van der Waals surface area contributed by atoms with E-state index >= 15 is 0 Å². The summed E-state index contributed by atoms with van der Waals surface area (Å²) in [6.45, 7) is 6.72. The lowest BCUT2D eigenvalue weighted by Crippen LogP contribution is -2.20. The smallest absolute Gasteiger partial charge is 0.193 e. The molecule has 0 amide bonds. The summed E-state index contributed by atoms with van der Waals surface area (Å²) in [6, 6.07) is 3.86. The monoisotopic (exact) mass is 227 g/mol. The molecule has 2 unspecified atom stereocenters. The predicted octanol–water partition coefficient (Wildman–Crippen LogP) is 3.28. The summed E-state index contributed by atoms with van der Waals surface area (Å²) in [6.07, 6.45) is 1.24. The summed E-state index contributed by atoms with van der Waals surface area (Å²) in [7, 11) is 0. The van der Waals surface area contributed by atoms with Crippen molar-refractivity contribution < 1.29 is 4.42 Å².